The van der Waals surface area contributed by atoms with Gasteiger partial charge in [-0.05, 0) is 89.4 Å². The van der Waals surface area contributed by atoms with Gasteiger partial charge in [-0.3, -0.25) is 24.5 Å². The zero-order valence-corrected chi connectivity index (χ0v) is 33.1. The van der Waals surface area contributed by atoms with Crippen LogP contribution in [0.1, 0.15) is 97.2 Å². The van der Waals surface area contributed by atoms with Gasteiger partial charge >= 0.3 is 6.18 Å². The van der Waals surface area contributed by atoms with Crippen molar-refractivity contribution in [3.8, 4) is 0 Å². The number of piperidine rings is 3. The quantitative estimate of drug-likeness (QED) is 0.158. The molecule has 0 bridgehead atoms. The maximum atomic E-state index is 15.1. The van der Waals surface area contributed by atoms with Crippen molar-refractivity contribution in [3.63, 3.8) is 0 Å². The van der Waals surface area contributed by atoms with Gasteiger partial charge in [0.25, 0.3) is 5.91 Å². The molecule has 3 aromatic heterocycles. The zero-order chi connectivity index (χ0) is 42.7. The van der Waals surface area contributed by atoms with Crippen molar-refractivity contribution < 1.29 is 46.2 Å². The number of hydrogen-bond donors (Lipinski definition) is 3. The fourth-order valence-electron chi connectivity index (χ4n) is 8.93. The average Bonchev–Trinajstić information content (AvgIpc) is 3.60. The minimum Gasteiger partial charge on any atom is -0.386 e. The molecule has 4 aliphatic heterocycles. The van der Waals surface area contributed by atoms with Crippen LogP contribution in [0.5, 0.6) is 0 Å². The van der Waals surface area contributed by atoms with Crippen LogP contribution in [0, 0.1) is 17.6 Å². The number of carbonyl (C=O) groups excluding carboxylic acids is 4. The Balaban J connectivity index is 0.835. The SMILES string of the molecule is CC(C)(O)c1cc2nc(C3CCN(C4CCN(C(=O)C5CN(c6cc(F)c(C7CCC(=O)NC7=O)c(F)c6)C5)CC4)CC3)cn2cc1NC(=O)c1cccc(C(F)(F)F)n1. The van der Waals surface area contributed by atoms with E-state index in [4.69, 9.17) is 4.98 Å². The predicted octanol–water partition coefficient (Wildman–Crippen LogP) is 5.33. The fourth-order valence-corrected chi connectivity index (χ4v) is 8.93. The minimum atomic E-state index is -4.72. The number of nitrogens with zero attached hydrogens (tertiary/aromatic N) is 6. The number of hydrogen-bond acceptors (Lipinski definition) is 9. The molecule has 4 amide bonds. The number of carbonyl (C=O) groups is 4. The van der Waals surface area contributed by atoms with Gasteiger partial charge in [0.15, 0.2) is 0 Å². The first-order chi connectivity index (χ1) is 28.4. The lowest BCUT2D eigenvalue weighted by Gasteiger charge is -2.45. The molecule has 1 atom stereocenters. The van der Waals surface area contributed by atoms with Gasteiger partial charge in [-0.15, -0.1) is 0 Å². The van der Waals surface area contributed by atoms with Crippen LogP contribution in [-0.2, 0) is 26.2 Å². The van der Waals surface area contributed by atoms with Crippen LogP contribution >= 0.6 is 0 Å². The summed E-state index contributed by atoms with van der Waals surface area (Å²) in [6.45, 7) is 6.65. The molecule has 7 heterocycles. The zero-order valence-electron chi connectivity index (χ0n) is 33.1. The fraction of sp³-hybridized carbons (Fsp3) is 0.476. The number of likely N-dealkylation sites (tertiary alicyclic amines) is 2. The van der Waals surface area contributed by atoms with E-state index in [9.17, 15) is 37.5 Å². The summed E-state index contributed by atoms with van der Waals surface area (Å²) in [4.78, 5) is 64.6. The predicted molar refractivity (Wildman–Crippen MR) is 208 cm³/mol. The number of benzene rings is 1. The molecule has 0 aliphatic carbocycles. The van der Waals surface area contributed by atoms with E-state index in [1.807, 2.05) is 11.1 Å². The van der Waals surface area contributed by atoms with Gasteiger partial charge < -0.3 is 29.5 Å². The first-order valence-electron chi connectivity index (χ1n) is 20.1. The number of amides is 4. The van der Waals surface area contributed by atoms with E-state index in [0.717, 1.165) is 56.6 Å². The van der Waals surface area contributed by atoms with Gasteiger partial charge in [0.05, 0.1) is 28.8 Å². The summed E-state index contributed by atoms with van der Waals surface area (Å²) >= 11 is 0. The molecule has 60 heavy (non-hydrogen) atoms. The molecule has 4 fully saturated rings. The number of nitrogens with one attached hydrogen (secondary N) is 2. The summed E-state index contributed by atoms with van der Waals surface area (Å²) in [6, 6.07) is 7.43. The third-order valence-corrected chi connectivity index (χ3v) is 12.3. The van der Waals surface area contributed by atoms with Crippen LogP contribution in [0.3, 0.4) is 0 Å². The largest absolute Gasteiger partial charge is 0.433 e. The molecule has 1 unspecified atom stereocenters. The highest BCUT2D eigenvalue weighted by molar-refractivity contribution is 6.03. The maximum absolute atomic E-state index is 15.1. The lowest BCUT2D eigenvalue weighted by molar-refractivity contribution is -0.141. The van der Waals surface area contributed by atoms with Gasteiger partial charge in [-0.25, -0.2) is 18.7 Å². The number of imidazole rings is 1. The second kappa shape index (κ2) is 15.8. The number of aliphatic hydroxyl groups is 1. The summed E-state index contributed by atoms with van der Waals surface area (Å²) in [5, 5.41) is 15.7. The molecule has 1 aromatic carbocycles. The highest BCUT2D eigenvalue weighted by atomic mass is 19.4. The molecule has 0 saturated carbocycles. The Morgan fingerprint density at radius 1 is 0.900 bits per heavy atom. The molecule has 318 valence electrons. The number of fused-ring (bicyclic) bond motifs is 1. The van der Waals surface area contributed by atoms with Crippen molar-refractivity contribution in [3.05, 3.63) is 88.6 Å². The standard InChI is InChI=1S/C42H45F5N8O5/c1-41(2,60)28-18-35-49-32(21-55(35)22-33(28)50-39(58)31-4-3-5-34(48-31)42(45,46)47)23-8-12-52(13-9-23)25-10-14-53(15-11-25)40(59)24-19-54(20-24)26-16-29(43)37(30(44)17-26)27-6-7-36(56)51-38(27)57/h3-5,16-18,21-25,27,60H,6-15,19-20H2,1-2H3,(H,50,58)(H,51,56,57). The van der Waals surface area contributed by atoms with Crippen molar-refractivity contribution in [2.45, 2.75) is 82.0 Å². The highest BCUT2D eigenvalue weighted by Crippen LogP contribution is 2.37. The van der Waals surface area contributed by atoms with E-state index in [1.165, 1.54) is 18.2 Å². The Morgan fingerprint density at radius 2 is 1.58 bits per heavy atom. The highest BCUT2D eigenvalue weighted by Gasteiger charge is 2.40. The molecule has 0 spiro atoms. The van der Waals surface area contributed by atoms with Crippen molar-refractivity contribution >= 4 is 40.7 Å². The summed E-state index contributed by atoms with van der Waals surface area (Å²) < 4.78 is 71.7. The van der Waals surface area contributed by atoms with Crippen molar-refractivity contribution in [2.75, 3.05) is 49.5 Å². The van der Waals surface area contributed by atoms with Gasteiger partial charge in [-0.2, -0.15) is 13.2 Å². The lowest BCUT2D eigenvalue weighted by atomic mass is 9.89. The van der Waals surface area contributed by atoms with E-state index >= 15 is 8.78 Å². The number of aromatic nitrogens is 3. The third kappa shape index (κ3) is 8.31. The number of anilines is 2. The third-order valence-electron chi connectivity index (χ3n) is 12.3. The van der Waals surface area contributed by atoms with Crippen LogP contribution in [0.15, 0.2) is 48.8 Å². The summed E-state index contributed by atoms with van der Waals surface area (Å²) in [5.41, 5.74) is -1.12. The number of pyridine rings is 2. The minimum absolute atomic E-state index is 0.00817. The van der Waals surface area contributed by atoms with Crippen molar-refractivity contribution in [2.24, 2.45) is 5.92 Å². The second-order valence-corrected chi connectivity index (χ2v) is 16.7. The number of alkyl halides is 3. The average molecular weight is 837 g/mol. The molecule has 4 saturated heterocycles. The van der Waals surface area contributed by atoms with Crippen LogP contribution < -0.4 is 15.5 Å². The summed E-state index contributed by atoms with van der Waals surface area (Å²) in [7, 11) is 0. The molecule has 3 N–H and O–H groups in total. The Morgan fingerprint density at radius 3 is 2.22 bits per heavy atom. The Bertz CT molecular complexity index is 2320. The Hall–Kier alpha value is -5.49. The summed E-state index contributed by atoms with van der Waals surface area (Å²) in [6.07, 6.45) is 2.14. The molecule has 13 nitrogen and oxygen atoms in total. The molecule has 0 radical (unpaired) electrons. The maximum Gasteiger partial charge on any atom is 0.433 e. The summed E-state index contributed by atoms with van der Waals surface area (Å²) in [5.74, 6) is -4.92. The first kappa shape index (κ1) is 41.3. The van der Waals surface area contributed by atoms with Crippen LogP contribution in [0.25, 0.3) is 5.65 Å². The van der Waals surface area contributed by atoms with Gasteiger partial charge in [0, 0.05) is 73.8 Å². The molecule has 4 aliphatic rings. The van der Waals surface area contributed by atoms with Crippen LogP contribution in [0.2, 0.25) is 0 Å². The van der Waals surface area contributed by atoms with Crippen molar-refractivity contribution in [1.29, 1.82) is 0 Å². The topological polar surface area (TPSA) is 152 Å². The normalized spacial score (nSPS) is 20.4. The van der Waals surface area contributed by atoms with E-state index in [0.29, 0.717) is 49.1 Å². The molecule has 18 heteroatoms. The van der Waals surface area contributed by atoms with Gasteiger partial charge in [-0.1, -0.05) is 6.07 Å². The van der Waals surface area contributed by atoms with Gasteiger partial charge in [0.1, 0.15) is 28.7 Å². The number of rotatable bonds is 8. The van der Waals surface area contributed by atoms with E-state index < -0.39 is 58.4 Å². The molecule has 4 aromatic rings. The second-order valence-electron chi connectivity index (χ2n) is 16.7. The monoisotopic (exact) mass is 836 g/mol. The van der Waals surface area contributed by atoms with Gasteiger partial charge in [0.2, 0.25) is 17.7 Å². The smallest absolute Gasteiger partial charge is 0.386 e. The van der Waals surface area contributed by atoms with E-state index in [1.54, 1.807) is 35.4 Å². The number of imide groups is 1. The Kier molecular flexibility index (Phi) is 10.9. The van der Waals surface area contributed by atoms with Crippen LogP contribution in [-0.4, -0.2) is 98.2 Å². The van der Waals surface area contributed by atoms with E-state index in [-0.39, 0.29) is 41.8 Å². The molecular formula is C42H45F5N8O5. The molecule has 8 rings (SSSR count). The van der Waals surface area contributed by atoms with Crippen LogP contribution in [0.4, 0.5) is 33.3 Å². The van der Waals surface area contributed by atoms with Crippen molar-refractivity contribution in [1.82, 2.24) is 29.5 Å². The van der Waals surface area contributed by atoms with E-state index in [2.05, 4.69) is 20.5 Å². The lowest BCUT2D eigenvalue weighted by Crippen LogP contribution is -2.57. The molecular weight excluding hydrogens is 792 g/mol. The Labute approximate surface area is 341 Å². The first-order valence-corrected chi connectivity index (χ1v) is 20.1. The number of halogens is 5.